The second-order valence-electron chi connectivity index (χ2n) is 6.37. The minimum absolute atomic E-state index is 0.133. The molecule has 1 aromatic rings. The number of nitrogens with zero attached hydrogens (tertiary/aromatic N) is 2. The summed E-state index contributed by atoms with van der Waals surface area (Å²) < 4.78 is 0. The van der Waals surface area contributed by atoms with E-state index in [-0.39, 0.29) is 11.5 Å². The smallest absolute Gasteiger partial charge is 0.0771 e. The maximum Gasteiger partial charge on any atom is 0.0771 e. The molecular formula is C17H22N2. The van der Waals surface area contributed by atoms with E-state index in [1.807, 2.05) is 0 Å². The third-order valence-electron chi connectivity index (χ3n) is 4.74. The van der Waals surface area contributed by atoms with Crippen LogP contribution in [0.4, 0.5) is 0 Å². The fourth-order valence-electron chi connectivity index (χ4n) is 3.62. The van der Waals surface area contributed by atoms with Crippen molar-refractivity contribution in [2.75, 3.05) is 14.1 Å². The molecule has 2 heteroatoms. The molecule has 0 bridgehead atoms. The average molecular weight is 254 g/mol. The first-order valence-electron chi connectivity index (χ1n) is 7.36. The summed E-state index contributed by atoms with van der Waals surface area (Å²) >= 11 is 0. The van der Waals surface area contributed by atoms with Crippen LogP contribution in [-0.2, 0) is 12.8 Å². The maximum atomic E-state index is 9.50. The summed E-state index contributed by atoms with van der Waals surface area (Å²) in [5.74, 6) is 0. The Hall–Kier alpha value is -1.33. The number of aryl methyl sites for hydroxylation is 2. The number of rotatable bonds is 3. The van der Waals surface area contributed by atoms with Gasteiger partial charge in [0.05, 0.1) is 17.5 Å². The molecule has 0 radical (unpaired) electrons. The number of nitriles is 1. The Morgan fingerprint density at radius 2 is 1.84 bits per heavy atom. The zero-order chi connectivity index (χ0) is 13.5. The van der Waals surface area contributed by atoms with Gasteiger partial charge in [-0.3, -0.25) is 0 Å². The van der Waals surface area contributed by atoms with Gasteiger partial charge in [0.1, 0.15) is 0 Å². The molecule has 0 spiro atoms. The molecule has 0 aliphatic heterocycles. The van der Waals surface area contributed by atoms with Crippen molar-refractivity contribution in [2.24, 2.45) is 5.41 Å². The van der Waals surface area contributed by atoms with E-state index < -0.39 is 0 Å². The van der Waals surface area contributed by atoms with Gasteiger partial charge in [-0.05, 0) is 69.3 Å². The highest BCUT2D eigenvalue weighted by Gasteiger charge is 2.51. The number of fused-ring (bicyclic) bond motifs is 1. The molecule has 2 nitrogen and oxygen atoms in total. The molecule has 1 fully saturated rings. The number of hydrogen-bond acceptors (Lipinski definition) is 2. The van der Waals surface area contributed by atoms with Gasteiger partial charge in [0.25, 0.3) is 0 Å². The van der Waals surface area contributed by atoms with Gasteiger partial charge in [-0.1, -0.05) is 18.2 Å². The van der Waals surface area contributed by atoms with Crippen LogP contribution in [0.1, 0.15) is 48.4 Å². The van der Waals surface area contributed by atoms with Crippen LogP contribution in [0.5, 0.6) is 0 Å². The summed E-state index contributed by atoms with van der Waals surface area (Å²) in [6.45, 7) is 0. The summed E-state index contributed by atoms with van der Waals surface area (Å²) in [7, 11) is 4.20. The van der Waals surface area contributed by atoms with E-state index in [1.165, 1.54) is 42.4 Å². The topological polar surface area (TPSA) is 27.0 Å². The van der Waals surface area contributed by atoms with E-state index >= 15 is 0 Å². The molecule has 2 aliphatic rings. The summed E-state index contributed by atoms with van der Waals surface area (Å²) in [4.78, 5) is 2.22. The van der Waals surface area contributed by atoms with Crippen molar-refractivity contribution in [3.8, 4) is 6.07 Å². The zero-order valence-corrected chi connectivity index (χ0v) is 11.9. The van der Waals surface area contributed by atoms with E-state index in [1.54, 1.807) is 0 Å². The van der Waals surface area contributed by atoms with E-state index in [2.05, 4.69) is 43.3 Å². The second kappa shape index (κ2) is 4.65. The van der Waals surface area contributed by atoms with Crippen molar-refractivity contribution in [3.63, 3.8) is 0 Å². The lowest BCUT2D eigenvalue weighted by atomic mass is 9.85. The lowest BCUT2D eigenvalue weighted by molar-refractivity contribution is 0.232. The van der Waals surface area contributed by atoms with Crippen LogP contribution < -0.4 is 0 Å². The van der Waals surface area contributed by atoms with Crippen molar-refractivity contribution >= 4 is 0 Å². The molecule has 2 aliphatic carbocycles. The van der Waals surface area contributed by atoms with Gasteiger partial charge < -0.3 is 4.90 Å². The monoisotopic (exact) mass is 254 g/mol. The Kier molecular flexibility index (Phi) is 3.11. The summed E-state index contributed by atoms with van der Waals surface area (Å²) in [6, 6.07) is 9.75. The molecule has 1 saturated carbocycles. The zero-order valence-electron chi connectivity index (χ0n) is 11.9. The Balaban J connectivity index is 1.98. The molecule has 1 unspecified atom stereocenters. The summed E-state index contributed by atoms with van der Waals surface area (Å²) in [6.07, 6.45) is 7.17. The molecule has 0 heterocycles. The fraction of sp³-hybridized carbons (Fsp3) is 0.588. The molecular weight excluding hydrogens is 232 g/mol. The number of hydrogen-bond donors (Lipinski definition) is 0. The van der Waals surface area contributed by atoms with Crippen LogP contribution in [-0.4, -0.2) is 19.0 Å². The predicted molar refractivity (Wildman–Crippen MR) is 76.8 cm³/mol. The second-order valence-corrected chi connectivity index (χ2v) is 6.37. The first kappa shape index (κ1) is 12.7. The van der Waals surface area contributed by atoms with Gasteiger partial charge in [0, 0.05) is 0 Å². The van der Waals surface area contributed by atoms with E-state index in [4.69, 9.17) is 0 Å². The highest BCUT2D eigenvalue weighted by atomic mass is 15.1. The fourth-order valence-corrected chi connectivity index (χ4v) is 3.62. The average Bonchev–Trinajstić information content (AvgIpc) is 3.19. The molecule has 0 amide bonds. The standard InChI is InChI=1S/C17H22N2/c1-19(2)16(17(12-18)9-10-17)15-8-7-13-5-3-4-6-14(13)11-15/h7-8,11,16H,3-6,9-10H2,1-2H3. The molecule has 3 rings (SSSR count). The Bertz CT molecular complexity index is 521. The minimum Gasteiger partial charge on any atom is -0.301 e. The van der Waals surface area contributed by atoms with Gasteiger partial charge in [0.2, 0.25) is 0 Å². The van der Waals surface area contributed by atoms with Gasteiger partial charge in [-0.25, -0.2) is 0 Å². The lowest BCUT2D eigenvalue weighted by Crippen LogP contribution is -2.28. The predicted octanol–water partition coefficient (Wildman–Crippen LogP) is 3.47. The lowest BCUT2D eigenvalue weighted by Gasteiger charge is -2.30. The van der Waals surface area contributed by atoms with Crippen LogP contribution in [0.25, 0.3) is 0 Å². The SMILES string of the molecule is CN(C)C(c1ccc2c(c1)CCCC2)C1(C#N)CC1. The van der Waals surface area contributed by atoms with Crippen molar-refractivity contribution in [2.45, 2.75) is 44.6 Å². The maximum absolute atomic E-state index is 9.50. The van der Waals surface area contributed by atoms with Crippen LogP contribution in [0.2, 0.25) is 0 Å². The highest BCUT2D eigenvalue weighted by Crippen LogP contribution is 2.56. The van der Waals surface area contributed by atoms with E-state index in [0.717, 1.165) is 12.8 Å². The van der Waals surface area contributed by atoms with Crippen LogP contribution >= 0.6 is 0 Å². The minimum atomic E-state index is -0.133. The van der Waals surface area contributed by atoms with E-state index in [9.17, 15) is 5.26 Å². The van der Waals surface area contributed by atoms with Gasteiger partial charge in [-0.15, -0.1) is 0 Å². The Labute approximate surface area is 116 Å². The van der Waals surface area contributed by atoms with Crippen molar-refractivity contribution in [1.29, 1.82) is 5.26 Å². The van der Waals surface area contributed by atoms with Crippen molar-refractivity contribution in [1.82, 2.24) is 4.90 Å². The molecule has 100 valence electrons. The number of benzene rings is 1. The molecule has 1 aromatic carbocycles. The van der Waals surface area contributed by atoms with Crippen LogP contribution in [0.15, 0.2) is 18.2 Å². The molecule has 1 atom stereocenters. The van der Waals surface area contributed by atoms with Crippen molar-refractivity contribution < 1.29 is 0 Å². The molecule has 19 heavy (non-hydrogen) atoms. The Morgan fingerprint density at radius 3 is 2.42 bits per heavy atom. The molecule has 0 aromatic heterocycles. The quantitative estimate of drug-likeness (QED) is 0.826. The Morgan fingerprint density at radius 1 is 1.16 bits per heavy atom. The molecule has 0 saturated heterocycles. The van der Waals surface area contributed by atoms with Crippen molar-refractivity contribution in [3.05, 3.63) is 34.9 Å². The summed E-state index contributed by atoms with van der Waals surface area (Å²) in [5, 5.41) is 9.50. The third kappa shape index (κ3) is 2.17. The van der Waals surface area contributed by atoms with Gasteiger partial charge in [0.15, 0.2) is 0 Å². The van der Waals surface area contributed by atoms with Gasteiger partial charge >= 0.3 is 0 Å². The summed E-state index contributed by atoms with van der Waals surface area (Å²) in [5.41, 5.74) is 4.25. The molecule has 0 N–H and O–H groups in total. The first-order chi connectivity index (χ1) is 9.16. The van der Waals surface area contributed by atoms with Crippen LogP contribution in [0, 0.1) is 16.7 Å². The first-order valence-corrected chi connectivity index (χ1v) is 7.36. The van der Waals surface area contributed by atoms with Gasteiger partial charge in [-0.2, -0.15) is 5.26 Å². The normalized spacial score (nSPS) is 21.6. The largest absolute Gasteiger partial charge is 0.301 e. The third-order valence-corrected chi connectivity index (χ3v) is 4.74. The van der Waals surface area contributed by atoms with Crippen LogP contribution in [0.3, 0.4) is 0 Å². The highest BCUT2D eigenvalue weighted by molar-refractivity contribution is 5.38. The van der Waals surface area contributed by atoms with E-state index in [0.29, 0.717) is 0 Å².